The second kappa shape index (κ2) is 11.2. The lowest BCUT2D eigenvalue weighted by molar-refractivity contribution is -0.140. The monoisotopic (exact) mass is 242 g/mol. The fourth-order valence-electron chi connectivity index (χ4n) is 1.52. The molecule has 0 aliphatic rings. The number of esters is 1. The highest BCUT2D eigenvalue weighted by Gasteiger charge is 1.98. The van der Waals surface area contributed by atoms with Crippen molar-refractivity contribution in [1.82, 2.24) is 0 Å². The molecular weight excluding hydrogens is 220 g/mol. The highest BCUT2D eigenvalue weighted by atomic mass is 16.5. The zero-order valence-electron chi connectivity index (χ0n) is 10.5. The van der Waals surface area contributed by atoms with Crippen LogP contribution in [0.3, 0.4) is 0 Å². The number of carboxylic acid groups (broad SMARTS) is 1. The Morgan fingerprint density at radius 3 is 2.24 bits per heavy atom. The van der Waals surface area contributed by atoms with Gasteiger partial charge in [-0.3, -0.25) is 4.79 Å². The molecular formula is C13H22O4. The van der Waals surface area contributed by atoms with Crippen LogP contribution in [0.4, 0.5) is 0 Å². The zero-order valence-corrected chi connectivity index (χ0v) is 10.5. The first-order valence-corrected chi connectivity index (χ1v) is 6.13. The van der Waals surface area contributed by atoms with E-state index in [9.17, 15) is 9.59 Å². The average Bonchev–Trinajstić information content (AvgIpc) is 2.30. The van der Waals surface area contributed by atoms with Crippen molar-refractivity contribution in [2.75, 3.05) is 7.11 Å². The third-order valence-electron chi connectivity index (χ3n) is 2.49. The number of rotatable bonds is 10. The summed E-state index contributed by atoms with van der Waals surface area (Å²) in [6.07, 6.45) is 10.6. The Kier molecular flexibility index (Phi) is 10.3. The molecule has 0 heterocycles. The van der Waals surface area contributed by atoms with E-state index in [1.165, 1.54) is 13.2 Å². The first-order chi connectivity index (χ1) is 8.16. The van der Waals surface area contributed by atoms with Gasteiger partial charge in [0.2, 0.25) is 0 Å². The van der Waals surface area contributed by atoms with Crippen LogP contribution in [0.25, 0.3) is 0 Å². The topological polar surface area (TPSA) is 63.6 Å². The summed E-state index contributed by atoms with van der Waals surface area (Å²) in [5.41, 5.74) is 0. The van der Waals surface area contributed by atoms with Crippen molar-refractivity contribution >= 4 is 11.9 Å². The van der Waals surface area contributed by atoms with E-state index >= 15 is 0 Å². The van der Waals surface area contributed by atoms with Crippen LogP contribution in [-0.4, -0.2) is 24.2 Å². The van der Waals surface area contributed by atoms with E-state index in [4.69, 9.17) is 5.11 Å². The molecule has 0 aromatic carbocycles. The summed E-state index contributed by atoms with van der Waals surface area (Å²) < 4.78 is 4.55. The second-order valence-electron chi connectivity index (χ2n) is 3.98. The molecule has 0 unspecified atom stereocenters. The number of aliphatic carboxylic acids is 1. The Morgan fingerprint density at radius 1 is 1.06 bits per heavy atom. The van der Waals surface area contributed by atoms with Crippen LogP contribution < -0.4 is 0 Å². The summed E-state index contributed by atoms with van der Waals surface area (Å²) >= 11 is 0. The molecule has 0 aliphatic heterocycles. The number of carboxylic acids is 1. The summed E-state index contributed by atoms with van der Waals surface area (Å²) in [4.78, 5) is 21.0. The highest BCUT2D eigenvalue weighted by Crippen LogP contribution is 2.09. The minimum absolute atomic E-state index is 0.135. The van der Waals surface area contributed by atoms with Crippen molar-refractivity contribution in [2.45, 2.75) is 51.4 Å². The fraction of sp³-hybridized carbons (Fsp3) is 0.692. The summed E-state index contributed by atoms with van der Waals surface area (Å²) in [7, 11) is 1.41. The molecule has 0 aromatic rings. The lowest BCUT2D eigenvalue weighted by Crippen LogP contribution is -1.99. The van der Waals surface area contributed by atoms with E-state index in [0.29, 0.717) is 6.42 Å². The van der Waals surface area contributed by atoms with E-state index in [-0.39, 0.29) is 5.97 Å². The van der Waals surface area contributed by atoms with Gasteiger partial charge >= 0.3 is 11.9 Å². The SMILES string of the molecule is COC(=O)CCCCCCCC/C=C/C(=O)O. The number of ether oxygens (including phenoxy) is 1. The molecule has 0 bridgehead atoms. The molecule has 0 saturated carbocycles. The van der Waals surface area contributed by atoms with Gasteiger partial charge in [-0.2, -0.15) is 0 Å². The van der Waals surface area contributed by atoms with Gasteiger partial charge in [0.25, 0.3) is 0 Å². The van der Waals surface area contributed by atoms with Gasteiger partial charge in [-0.25, -0.2) is 4.79 Å². The van der Waals surface area contributed by atoms with Gasteiger partial charge in [-0.15, -0.1) is 0 Å². The molecule has 0 amide bonds. The molecule has 0 radical (unpaired) electrons. The van der Waals surface area contributed by atoms with E-state index in [1.807, 2.05) is 0 Å². The quantitative estimate of drug-likeness (QED) is 0.363. The molecule has 0 rings (SSSR count). The minimum Gasteiger partial charge on any atom is -0.478 e. The van der Waals surface area contributed by atoms with Gasteiger partial charge in [0.15, 0.2) is 0 Å². The van der Waals surface area contributed by atoms with Crippen molar-refractivity contribution < 1.29 is 19.4 Å². The third kappa shape index (κ3) is 12.6. The van der Waals surface area contributed by atoms with Gasteiger partial charge in [0.1, 0.15) is 0 Å². The number of unbranched alkanes of at least 4 members (excludes halogenated alkanes) is 6. The Bertz CT molecular complexity index is 246. The summed E-state index contributed by atoms with van der Waals surface area (Å²) in [5.74, 6) is -1.02. The molecule has 0 atom stereocenters. The van der Waals surface area contributed by atoms with Crippen LogP contribution in [0.1, 0.15) is 51.4 Å². The molecule has 98 valence electrons. The fourth-order valence-corrected chi connectivity index (χ4v) is 1.52. The van der Waals surface area contributed by atoms with Crippen LogP contribution in [0, 0.1) is 0 Å². The number of allylic oxidation sites excluding steroid dienone is 1. The molecule has 0 aliphatic carbocycles. The first-order valence-electron chi connectivity index (χ1n) is 6.13. The third-order valence-corrected chi connectivity index (χ3v) is 2.49. The van der Waals surface area contributed by atoms with Crippen molar-refractivity contribution in [1.29, 1.82) is 0 Å². The summed E-state index contributed by atoms with van der Waals surface area (Å²) in [6, 6.07) is 0. The van der Waals surface area contributed by atoms with E-state index in [2.05, 4.69) is 4.74 Å². The molecule has 0 fully saturated rings. The Morgan fingerprint density at radius 2 is 1.65 bits per heavy atom. The normalized spacial score (nSPS) is 10.6. The minimum atomic E-state index is -0.882. The van der Waals surface area contributed by atoms with Gasteiger partial charge < -0.3 is 9.84 Å². The predicted octanol–water partition coefficient (Wildman–Crippen LogP) is 2.92. The van der Waals surface area contributed by atoms with Crippen molar-refractivity contribution in [3.8, 4) is 0 Å². The van der Waals surface area contributed by atoms with Crippen LogP contribution >= 0.6 is 0 Å². The average molecular weight is 242 g/mol. The number of methoxy groups -OCH3 is 1. The van der Waals surface area contributed by atoms with Gasteiger partial charge in [-0.1, -0.05) is 31.8 Å². The smallest absolute Gasteiger partial charge is 0.327 e. The Balaban J connectivity index is 3.14. The maximum atomic E-state index is 10.8. The highest BCUT2D eigenvalue weighted by molar-refractivity contribution is 5.79. The number of carbonyl (C=O) groups excluding carboxylic acids is 1. The molecule has 0 saturated heterocycles. The van der Waals surface area contributed by atoms with Crippen LogP contribution in [0.15, 0.2) is 12.2 Å². The predicted molar refractivity (Wildman–Crippen MR) is 65.7 cm³/mol. The van der Waals surface area contributed by atoms with Crippen molar-refractivity contribution in [3.63, 3.8) is 0 Å². The number of hydrogen-bond acceptors (Lipinski definition) is 3. The van der Waals surface area contributed by atoms with Gasteiger partial charge in [0, 0.05) is 12.5 Å². The second-order valence-corrected chi connectivity index (χ2v) is 3.98. The Labute approximate surface area is 103 Å². The van der Waals surface area contributed by atoms with Crippen molar-refractivity contribution in [2.24, 2.45) is 0 Å². The zero-order chi connectivity index (χ0) is 12.9. The van der Waals surface area contributed by atoms with Gasteiger partial charge in [-0.05, 0) is 19.3 Å². The summed E-state index contributed by atoms with van der Waals surface area (Å²) in [6.45, 7) is 0. The lowest BCUT2D eigenvalue weighted by Gasteiger charge is -2.00. The lowest BCUT2D eigenvalue weighted by atomic mass is 10.1. The largest absolute Gasteiger partial charge is 0.478 e. The molecule has 0 spiro atoms. The van der Waals surface area contributed by atoms with Crippen LogP contribution in [0.2, 0.25) is 0 Å². The Hall–Kier alpha value is -1.32. The standard InChI is InChI=1S/C13H22O4/c1-17-13(16)11-9-7-5-3-2-4-6-8-10-12(14)15/h8,10H,2-7,9,11H2,1H3,(H,14,15)/b10-8+. The van der Waals surface area contributed by atoms with E-state index < -0.39 is 5.97 Å². The van der Waals surface area contributed by atoms with Crippen LogP contribution in [-0.2, 0) is 14.3 Å². The number of hydrogen-bond donors (Lipinski definition) is 1. The molecule has 4 heteroatoms. The van der Waals surface area contributed by atoms with Crippen LogP contribution in [0.5, 0.6) is 0 Å². The maximum Gasteiger partial charge on any atom is 0.327 e. The van der Waals surface area contributed by atoms with Crippen molar-refractivity contribution in [3.05, 3.63) is 12.2 Å². The maximum absolute atomic E-state index is 10.8. The summed E-state index contributed by atoms with van der Waals surface area (Å²) in [5, 5.41) is 8.35. The van der Waals surface area contributed by atoms with E-state index in [0.717, 1.165) is 44.9 Å². The van der Waals surface area contributed by atoms with E-state index in [1.54, 1.807) is 6.08 Å². The molecule has 0 aromatic heterocycles. The molecule has 1 N–H and O–H groups in total. The molecule has 17 heavy (non-hydrogen) atoms. The number of carbonyl (C=O) groups is 2. The molecule has 4 nitrogen and oxygen atoms in total. The van der Waals surface area contributed by atoms with Gasteiger partial charge in [0.05, 0.1) is 7.11 Å². The first kappa shape index (κ1) is 15.7.